The molecule has 0 aromatic carbocycles. The zero-order valence-electron chi connectivity index (χ0n) is 24.8. The molecule has 0 saturated carbocycles. The molecule has 5 atom stereocenters. The van der Waals surface area contributed by atoms with Gasteiger partial charge in [0.05, 0.1) is 30.7 Å². The van der Waals surface area contributed by atoms with Crippen LogP contribution < -0.4 is 0 Å². The largest absolute Gasteiger partial charge is 0.454 e. The number of imide groups is 1. The predicted molar refractivity (Wildman–Crippen MR) is 150 cm³/mol. The summed E-state index contributed by atoms with van der Waals surface area (Å²) in [6.45, 7) is 19.2. The molecule has 40 heavy (non-hydrogen) atoms. The first-order valence-corrected chi connectivity index (χ1v) is 16.4. The van der Waals surface area contributed by atoms with Gasteiger partial charge in [0.2, 0.25) is 5.91 Å². The number of β-lactam (4-membered cyclic amide) rings is 1. The maximum absolute atomic E-state index is 13.6. The monoisotopic (exact) mass is 580 g/mol. The first-order chi connectivity index (χ1) is 18.6. The molecule has 12 heteroatoms. The highest BCUT2D eigenvalue weighted by Crippen LogP contribution is 2.41. The van der Waals surface area contributed by atoms with E-state index in [2.05, 4.69) is 47.0 Å². The Labute approximate surface area is 237 Å². The summed E-state index contributed by atoms with van der Waals surface area (Å²) in [7, 11) is -0.794. The number of hydrogen-bond donors (Lipinski definition) is 0. The van der Waals surface area contributed by atoms with Gasteiger partial charge in [-0.1, -0.05) is 46.1 Å². The lowest BCUT2D eigenvalue weighted by Gasteiger charge is -2.49. The van der Waals surface area contributed by atoms with Gasteiger partial charge in [-0.3, -0.25) is 19.3 Å². The summed E-state index contributed by atoms with van der Waals surface area (Å²) in [5.74, 6) is -4.49. The fourth-order valence-corrected chi connectivity index (χ4v) is 6.30. The summed E-state index contributed by atoms with van der Waals surface area (Å²) in [6, 6.07) is -1.26. The van der Waals surface area contributed by atoms with Crippen molar-refractivity contribution in [2.75, 3.05) is 33.5 Å². The van der Waals surface area contributed by atoms with Gasteiger partial charge >= 0.3 is 18.0 Å². The van der Waals surface area contributed by atoms with E-state index in [1.165, 1.54) is 24.2 Å². The maximum Gasteiger partial charge on any atom is 0.410 e. The molecule has 0 aromatic rings. The average molecular weight is 581 g/mol. The lowest BCUT2D eigenvalue weighted by atomic mass is 9.78. The molecule has 0 radical (unpaired) electrons. The Morgan fingerprint density at radius 3 is 2.25 bits per heavy atom. The fraction of sp³-hybridized carbons (Fsp3) is 0.679. The smallest absolute Gasteiger partial charge is 0.410 e. The number of methoxy groups -OCH3 is 1. The van der Waals surface area contributed by atoms with Gasteiger partial charge in [0, 0.05) is 26.0 Å². The third-order valence-corrected chi connectivity index (χ3v) is 12.6. The molecule has 224 valence electrons. The molecule has 0 spiro atoms. The fourth-order valence-electron chi connectivity index (χ4n) is 4.87. The standard InChI is InChI=1S/C28H44N2O9Si/c1-10-12-37-26(34)25(33)30-21(23(24(30)32)18(3)39-40(8,9)28(4,5)6)15-22(31)19-14-20(17-36-7)29(16-19)27(35)38-13-11-2/h10-11,18-21,23H,1-2,12-17H2,3-9H3/t18-,19?,20+,21-,23-/m1/s1. The van der Waals surface area contributed by atoms with E-state index >= 15 is 0 Å². The van der Waals surface area contributed by atoms with Crippen LogP contribution >= 0.6 is 0 Å². The van der Waals surface area contributed by atoms with Gasteiger partial charge in [0.25, 0.3) is 0 Å². The highest BCUT2D eigenvalue weighted by atomic mass is 28.4. The lowest BCUT2D eigenvalue weighted by Crippen LogP contribution is -2.69. The van der Waals surface area contributed by atoms with E-state index in [4.69, 9.17) is 18.6 Å². The van der Waals surface area contributed by atoms with Gasteiger partial charge in [-0.2, -0.15) is 0 Å². The van der Waals surface area contributed by atoms with Crippen LogP contribution in [0.1, 0.15) is 40.5 Å². The van der Waals surface area contributed by atoms with E-state index in [1.807, 2.05) is 0 Å². The first kappa shape index (κ1) is 33.4. The van der Waals surface area contributed by atoms with Crippen molar-refractivity contribution in [2.45, 2.75) is 76.9 Å². The van der Waals surface area contributed by atoms with Crippen LogP contribution in [0.3, 0.4) is 0 Å². The number of Topliss-reactive ketones (excluding diaryl/α,β-unsaturated/α-hetero) is 1. The molecule has 2 aliphatic heterocycles. The second kappa shape index (κ2) is 13.7. The van der Waals surface area contributed by atoms with Crippen LogP contribution in [0.25, 0.3) is 0 Å². The zero-order valence-corrected chi connectivity index (χ0v) is 25.8. The van der Waals surface area contributed by atoms with Crippen molar-refractivity contribution in [3.05, 3.63) is 25.3 Å². The number of esters is 1. The van der Waals surface area contributed by atoms with Crippen LogP contribution in [0.4, 0.5) is 4.79 Å². The highest BCUT2D eigenvalue weighted by Gasteiger charge is 2.57. The van der Waals surface area contributed by atoms with Crippen LogP contribution in [0.2, 0.25) is 18.1 Å². The van der Waals surface area contributed by atoms with Crippen LogP contribution in [0.15, 0.2) is 25.3 Å². The summed E-state index contributed by atoms with van der Waals surface area (Å²) in [4.78, 5) is 66.9. The minimum absolute atomic E-state index is 0.0324. The van der Waals surface area contributed by atoms with Crippen LogP contribution in [0.5, 0.6) is 0 Å². The van der Waals surface area contributed by atoms with Crippen LogP contribution in [-0.4, -0.2) is 99.4 Å². The summed E-state index contributed by atoms with van der Waals surface area (Å²) >= 11 is 0. The minimum atomic E-state index is -2.30. The molecule has 2 aliphatic rings. The van der Waals surface area contributed by atoms with Crippen molar-refractivity contribution in [3.63, 3.8) is 0 Å². The normalized spacial score (nSPS) is 23.7. The van der Waals surface area contributed by atoms with Crippen molar-refractivity contribution in [1.82, 2.24) is 9.80 Å². The Bertz CT molecular complexity index is 1010. The van der Waals surface area contributed by atoms with Gasteiger partial charge < -0.3 is 23.5 Å². The number of carbonyl (C=O) groups is 5. The van der Waals surface area contributed by atoms with E-state index in [9.17, 15) is 24.0 Å². The topological polar surface area (TPSA) is 129 Å². The molecule has 3 amide bonds. The summed E-state index contributed by atoms with van der Waals surface area (Å²) in [5.41, 5.74) is 0. The molecule has 1 unspecified atom stereocenters. The van der Waals surface area contributed by atoms with Crippen molar-refractivity contribution >= 4 is 38.0 Å². The van der Waals surface area contributed by atoms with Crippen LogP contribution in [-0.2, 0) is 37.8 Å². The Hall–Kier alpha value is -2.83. The van der Waals surface area contributed by atoms with E-state index < -0.39 is 56.2 Å². The molecule has 0 bridgehead atoms. The highest BCUT2D eigenvalue weighted by molar-refractivity contribution is 6.74. The first-order valence-electron chi connectivity index (χ1n) is 13.5. The minimum Gasteiger partial charge on any atom is -0.454 e. The molecule has 11 nitrogen and oxygen atoms in total. The SMILES string of the molecule is C=CCOC(=O)C(=O)N1C(=O)[C@H]([C@@H](C)O[Si](C)(C)C(C)(C)C)[C@H]1CC(=O)C1C[C@@H](COC)N(C(=O)OCC=C)C1. The number of ketones is 1. The number of rotatable bonds is 12. The molecule has 2 rings (SSSR count). The number of ether oxygens (including phenoxy) is 3. The Balaban J connectivity index is 2.28. The van der Waals surface area contributed by atoms with Crippen molar-refractivity contribution < 1.29 is 42.6 Å². The number of hydrogen-bond acceptors (Lipinski definition) is 9. The zero-order chi connectivity index (χ0) is 30.4. The molecular formula is C28H44N2O9Si. The molecule has 0 N–H and O–H groups in total. The second-order valence-corrected chi connectivity index (χ2v) is 16.6. The van der Waals surface area contributed by atoms with Gasteiger partial charge in [0.1, 0.15) is 19.0 Å². The number of amides is 3. The van der Waals surface area contributed by atoms with Gasteiger partial charge in [-0.05, 0) is 31.5 Å². The Kier molecular flexibility index (Phi) is 11.4. The molecule has 0 aromatic heterocycles. The van der Waals surface area contributed by atoms with Crippen molar-refractivity contribution in [2.24, 2.45) is 11.8 Å². The van der Waals surface area contributed by atoms with E-state index in [-0.39, 0.29) is 49.6 Å². The summed E-state index contributed by atoms with van der Waals surface area (Å²) in [5, 5.41) is -0.132. The number of likely N-dealkylation sites (tertiary alicyclic amines) is 2. The quantitative estimate of drug-likeness (QED) is 0.112. The number of carbonyl (C=O) groups excluding carboxylic acids is 5. The third-order valence-electron chi connectivity index (χ3n) is 7.99. The van der Waals surface area contributed by atoms with Gasteiger partial charge in [0.15, 0.2) is 8.32 Å². The molecule has 2 heterocycles. The third kappa shape index (κ3) is 7.46. The maximum atomic E-state index is 13.6. The van der Waals surface area contributed by atoms with Gasteiger partial charge in [-0.25, -0.2) is 9.59 Å². The van der Waals surface area contributed by atoms with E-state index in [1.54, 1.807) is 6.92 Å². The number of nitrogens with zero attached hydrogens (tertiary/aromatic N) is 2. The Morgan fingerprint density at radius 1 is 1.10 bits per heavy atom. The van der Waals surface area contributed by atoms with Gasteiger partial charge in [-0.15, -0.1) is 0 Å². The van der Waals surface area contributed by atoms with E-state index in [0.717, 1.165) is 4.90 Å². The molecule has 2 fully saturated rings. The van der Waals surface area contributed by atoms with E-state index in [0.29, 0.717) is 6.42 Å². The molecule has 2 saturated heterocycles. The molecule has 0 aliphatic carbocycles. The molecular weight excluding hydrogens is 536 g/mol. The predicted octanol–water partition coefficient (Wildman–Crippen LogP) is 3.10. The summed E-state index contributed by atoms with van der Waals surface area (Å²) < 4.78 is 21.7. The second-order valence-electron chi connectivity index (χ2n) is 11.8. The average Bonchev–Trinajstić information content (AvgIpc) is 3.28. The van der Waals surface area contributed by atoms with Crippen LogP contribution in [0, 0.1) is 11.8 Å². The lowest BCUT2D eigenvalue weighted by molar-refractivity contribution is -0.180. The van der Waals surface area contributed by atoms with Crippen molar-refractivity contribution in [3.8, 4) is 0 Å². The summed E-state index contributed by atoms with van der Waals surface area (Å²) in [6.07, 6.45) is 1.76. The Morgan fingerprint density at radius 2 is 1.70 bits per heavy atom. The van der Waals surface area contributed by atoms with Crippen molar-refractivity contribution in [1.29, 1.82) is 0 Å².